The molecule has 0 radical (unpaired) electrons. The number of amides is 1. The summed E-state index contributed by atoms with van der Waals surface area (Å²) in [7, 11) is -0.870. The van der Waals surface area contributed by atoms with E-state index in [2.05, 4.69) is 5.32 Å². The van der Waals surface area contributed by atoms with Crippen LogP contribution in [0, 0.1) is 0 Å². The summed E-state index contributed by atoms with van der Waals surface area (Å²) in [6, 6.07) is 3.58. The Kier molecular flexibility index (Phi) is 7.15. The zero-order chi connectivity index (χ0) is 23.8. The van der Waals surface area contributed by atoms with Gasteiger partial charge in [-0.3, -0.25) is 0 Å². The molecule has 172 valence electrons. The molecule has 0 spiro atoms. The second kappa shape index (κ2) is 8.67. The lowest BCUT2D eigenvalue weighted by molar-refractivity contribution is -0.137. The lowest BCUT2D eigenvalue weighted by Gasteiger charge is -2.32. The maximum atomic E-state index is 13.3. The number of nitrogens with one attached hydrogen (secondary N) is 1. The number of hydrogen-bond donors (Lipinski definition) is 1. The fourth-order valence-electron chi connectivity index (χ4n) is 2.75. The third-order valence-electron chi connectivity index (χ3n) is 5.04. The molecular weight excluding hydrogens is 433 g/mol. The highest BCUT2D eigenvalue weighted by atomic mass is 35.5. The van der Waals surface area contributed by atoms with E-state index in [0.29, 0.717) is 5.47 Å². The number of alkyl carbamates (subject to hydrolysis) is 1. The van der Waals surface area contributed by atoms with Crippen molar-refractivity contribution in [1.82, 2.24) is 5.32 Å². The average Bonchev–Trinajstić information content (AvgIpc) is 2.78. The Morgan fingerprint density at radius 1 is 1.16 bits per heavy atom. The van der Waals surface area contributed by atoms with E-state index in [1.807, 2.05) is 27.7 Å². The molecule has 1 aromatic carbocycles. The van der Waals surface area contributed by atoms with Crippen molar-refractivity contribution in [3.05, 3.63) is 39.8 Å². The summed E-state index contributed by atoms with van der Waals surface area (Å²) in [5.41, 5.74) is -2.31. The molecule has 0 aliphatic carbocycles. The number of benzene rings is 1. The number of halogens is 4. The lowest BCUT2D eigenvalue weighted by atomic mass is 9.77. The van der Waals surface area contributed by atoms with Crippen LogP contribution in [0.15, 0.2) is 23.7 Å². The summed E-state index contributed by atoms with van der Waals surface area (Å²) >= 11 is 5.72. The molecule has 1 amide bonds. The van der Waals surface area contributed by atoms with Crippen LogP contribution >= 0.6 is 11.6 Å². The van der Waals surface area contributed by atoms with Crippen molar-refractivity contribution in [3.63, 3.8) is 0 Å². The third-order valence-corrected chi connectivity index (χ3v) is 5.37. The quantitative estimate of drug-likeness (QED) is 0.567. The summed E-state index contributed by atoms with van der Waals surface area (Å²) in [5, 5.41) is 2.21. The van der Waals surface area contributed by atoms with Crippen molar-refractivity contribution < 1.29 is 32.0 Å². The molecule has 1 aliphatic heterocycles. The van der Waals surface area contributed by atoms with Crippen LogP contribution < -0.4 is 5.32 Å². The lowest BCUT2D eigenvalue weighted by Crippen LogP contribution is -2.41. The van der Waals surface area contributed by atoms with Crippen LogP contribution in [0.25, 0.3) is 6.08 Å². The molecule has 0 aromatic heterocycles. The average molecular weight is 462 g/mol. The largest absolute Gasteiger partial charge is 0.492 e. The molecule has 0 atom stereocenters. The van der Waals surface area contributed by atoms with Crippen LogP contribution in [-0.4, -0.2) is 36.6 Å². The van der Waals surface area contributed by atoms with Gasteiger partial charge in [-0.15, -0.1) is 0 Å². The van der Waals surface area contributed by atoms with E-state index in [9.17, 15) is 18.0 Å². The van der Waals surface area contributed by atoms with Crippen molar-refractivity contribution in [2.45, 2.75) is 71.4 Å². The summed E-state index contributed by atoms with van der Waals surface area (Å²) in [6.45, 7) is 12.6. The van der Waals surface area contributed by atoms with Crippen molar-refractivity contribution in [3.8, 4) is 0 Å². The first-order chi connectivity index (χ1) is 13.9. The van der Waals surface area contributed by atoms with Gasteiger partial charge in [0.1, 0.15) is 5.60 Å². The maximum absolute atomic E-state index is 13.3. The van der Waals surface area contributed by atoms with Gasteiger partial charge in [0.15, 0.2) is 0 Å². The van der Waals surface area contributed by atoms with Gasteiger partial charge in [0, 0.05) is 6.54 Å². The summed E-state index contributed by atoms with van der Waals surface area (Å²) in [4.78, 5) is 12.1. The Balaban J connectivity index is 2.37. The molecular formula is C21H28BClF3NO4. The molecule has 0 saturated carbocycles. The Bertz CT molecular complexity index is 847. The molecule has 1 saturated heterocycles. The third kappa shape index (κ3) is 6.64. The molecule has 1 aliphatic rings. The van der Waals surface area contributed by atoms with Crippen LogP contribution in [0.5, 0.6) is 0 Å². The molecule has 10 heteroatoms. The normalized spacial score (nSPS) is 18.8. The molecule has 31 heavy (non-hydrogen) atoms. The smallest absolute Gasteiger partial charge is 0.444 e. The van der Waals surface area contributed by atoms with Gasteiger partial charge in [-0.25, -0.2) is 4.79 Å². The van der Waals surface area contributed by atoms with E-state index in [1.165, 1.54) is 18.2 Å². The van der Waals surface area contributed by atoms with Crippen LogP contribution in [0.1, 0.15) is 59.6 Å². The number of carbonyl (C=O) groups excluding carboxylic acids is 1. The Labute approximate surface area is 186 Å². The highest BCUT2D eigenvalue weighted by molar-refractivity contribution is 6.56. The highest BCUT2D eigenvalue weighted by Crippen LogP contribution is 2.39. The Morgan fingerprint density at radius 3 is 2.19 bits per heavy atom. The summed E-state index contributed by atoms with van der Waals surface area (Å²) in [5.74, 6) is 0. The first kappa shape index (κ1) is 25.6. The van der Waals surface area contributed by atoms with Crippen molar-refractivity contribution in [2.75, 3.05) is 6.54 Å². The van der Waals surface area contributed by atoms with E-state index in [1.54, 1.807) is 20.8 Å². The van der Waals surface area contributed by atoms with Gasteiger partial charge >= 0.3 is 19.4 Å². The first-order valence-corrected chi connectivity index (χ1v) is 10.2. The van der Waals surface area contributed by atoms with Crippen LogP contribution in [0.4, 0.5) is 18.0 Å². The monoisotopic (exact) mass is 461 g/mol. The van der Waals surface area contributed by atoms with Gasteiger partial charge in [-0.1, -0.05) is 23.7 Å². The van der Waals surface area contributed by atoms with Crippen molar-refractivity contribution in [2.24, 2.45) is 0 Å². The van der Waals surface area contributed by atoms with Gasteiger partial charge in [-0.05, 0) is 71.6 Å². The molecule has 2 rings (SSSR count). The van der Waals surface area contributed by atoms with Gasteiger partial charge in [-0.2, -0.15) is 13.2 Å². The highest BCUT2D eigenvalue weighted by Gasteiger charge is 2.52. The van der Waals surface area contributed by atoms with E-state index in [4.69, 9.17) is 25.6 Å². The number of hydrogen-bond acceptors (Lipinski definition) is 4. The SMILES string of the molecule is CC(C)(C)OC(=O)NCC(=Cc1ccc(Cl)c(C(F)(F)F)c1)B1OC(C)(C)C(C)(C)O1. The predicted octanol–water partition coefficient (Wildman–Crippen LogP) is 5.90. The fourth-order valence-corrected chi connectivity index (χ4v) is 2.97. The first-order valence-electron chi connectivity index (χ1n) is 9.81. The predicted molar refractivity (Wildman–Crippen MR) is 115 cm³/mol. The molecule has 1 N–H and O–H groups in total. The summed E-state index contributed by atoms with van der Waals surface area (Å²) in [6.07, 6.45) is -3.77. The molecule has 0 bridgehead atoms. The van der Waals surface area contributed by atoms with Gasteiger partial charge in [0.25, 0.3) is 0 Å². The van der Waals surface area contributed by atoms with E-state index >= 15 is 0 Å². The van der Waals surface area contributed by atoms with Gasteiger partial charge in [0.2, 0.25) is 0 Å². The van der Waals surface area contributed by atoms with Gasteiger partial charge in [0.05, 0.1) is 21.8 Å². The van der Waals surface area contributed by atoms with E-state index < -0.39 is 46.8 Å². The maximum Gasteiger partial charge on any atom is 0.492 e. The fraction of sp³-hybridized carbons (Fsp3) is 0.571. The van der Waals surface area contributed by atoms with Crippen molar-refractivity contribution >= 4 is 30.9 Å². The molecule has 1 aromatic rings. The molecule has 1 heterocycles. The second-order valence-corrected chi connectivity index (χ2v) is 9.81. The number of rotatable bonds is 4. The number of ether oxygens (including phenoxy) is 1. The minimum Gasteiger partial charge on any atom is -0.444 e. The Hall–Kier alpha value is -1.71. The molecule has 0 unspecified atom stereocenters. The minimum absolute atomic E-state index is 0.0459. The number of alkyl halides is 3. The van der Waals surface area contributed by atoms with Crippen molar-refractivity contribution in [1.29, 1.82) is 0 Å². The van der Waals surface area contributed by atoms with E-state index in [-0.39, 0.29) is 12.1 Å². The van der Waals surface area contributed by atoms with Crippen LogP contribution in [0.3, 0.4) is 0 Å². The van der Waals surface area contributed by atoms with E-state index in [0.717, 1.165) is 6.07 Å². The zero-order valence-electron chi connectivity index (χ0n) is 18.7. The standard InChI is InChI=1S/C21H28BClF3NO4/c1-18(2,3)29-17(28)27-12-14(22-30-19(4,5)20(6,7)31-22)10-13-8-9-16(23)15(11-13)21(24,25)26/h8-11H,12H2,1-7H3,(H,27,28). The molecule has 5 nitrogen and oxygen atoms in total. The number of carbonyl (C=O) groups is 1. The summed E-state index contributed by atoms with van der Waals surface area (Å²) < 4.78 is 57.0. The molecule has 1 fully saturated rings. The minimum atomic E-state index is -4.60. The zero-order valence-corrected chi connectivity index (χ0v) is 19.5. The second-order valence-electron chi connectivity index (χ2n) is 9.40. The topological polar surface area (TPSA) is 56.8 Å². The van der Waals surface area contributed by atoms with Crippen LogP contribution in [-0.2, 0) is 20.2 Å². The Morgan fingerprint density at radius 2 is 1.71 bits per heavy atom. The van der Waals surface area contributed by atoms with Gasteiger partial charge < -0.3 is 19.4 Å². The van der Waals surface area contributed by atoms with Crippen LogP contribution in [0.2, 0.25) is 5.02 Å².